The average Bonchev–Trinajstić information content (AvgIpc) is 3.63. The first kappa shape index (κ1) is 39.6. The van der Waals surface area contributed by atoms with Gasteiger partial charge in [0, 0.05) is 28.3 Å². The van der Waals surface area contributed by atoms with E-state index in [0.29, 0.717) is 83.0 Å². The summed E-state index contributed by atoms with van der Waals surface area (Å²) in [6.07, 6.45) is 2.88. The molecule has 16 heteroatoms. The Kier molecular flexibility index (Phi) is 15.3. The van der Waals surface area contributed by atoms with Gasteiger partial charge >= 0.3 is 11.9 Å². The number of hydrogen-bond donors (Lipinski definition) is 4. The fourth-order valence-corrected chi connectivity index (χ4v) is 5.83. The summed E-state index contributed by atoms with van der Waals surface area (Å²) in [6, 6.07) is 17.0. The summed E-state index contributed by atoms with van der Waals surface area (Å²) in [6.45, 7) is 0.446. The Morgan fingerprint density at radius 1 is 0.923 bits per heavy atom. The van der Waals surface area contributed by atoms with Gasteiger partial charge in [-0.05, 0) is 80.7 Å². The van der Waals surface area contributed by atoms with Gasteiger partial charge in [0.05, 0.1) is 11.3 Å². The Morgan fingerprint density at radius 3 is 2.29 bits per heavy atom. The molecule has 0 saturated heterocycles. The van der Waals surface area contributed by atoms with Crippen molar-refractivity contribution < 1.29 is 28.2 Å². The third-order valence-electron chi connectivity index (χ3n) is 7.56. The second-order valence-electron chi connectivity index (χ2n) is 11.5. The van der Waals surface area contributed by atoms with Gasteiger partial charge in [0.15, 0.2) is 6.10 Å². The van der Waals surface area contributed by atoms with Gasteiger partial charge in [0.1, 0.15) is 59.8 Å². The molecule has 4 rings (SSSR count). The van der Waals surface area contributed by atoms with Crippen LogP contribution in [-0.2, 0) is 24.8 Å². The molecule has 0 aliphatic carbocycles. The molecule has 8 N–H and O–H groups in total. The Balaban J connectivity index is 1.48. The van der Waals surface area contributed by atoms with Crippen molar-refractivity contribution in [3.63, 3.8) is 0 Å². The van der Waals surface area contributed by atoms with Crippen LogP contribution in [0.2, 0.25) is 5.02 Å². The highest BCUT2D eigenvalue weighted by Gasteiger charge is 2.24. The quantitative estimate of drug-likeness (QED) is 0.0576. The lowest BCUT2D eigenvalue weighted by Crippen LogP contribution is -2.39. The first-order valence-corrected chi connectivity index (χ1v) is 17.8. The molecular formula is C36H39ClN8O6S. The van der Waals surface area contributed by atoms with Gasteiger partial charge in [-0.15, -0.1) is 0 Å². The predicted octanol–water partition coefficient (Wildman–Crippen LogP) is 4.70. The normalized spacial score (nSPS) is 12.0. The Morgan fingerprint density at radius 2 is 1.62 bits per heavy atom. The minimum atomic E-state index is -0.948. The van der Waals surface area contributed by atoms with Gasteiger partial charge in [-0.1, -0.05) is 35.5 Å². The zero-order valence-corrected chi connectivity index (χ0v) is 29.8. The van der Waals surface area contributed by atoms with E-state index in [9.17, 15) is 20.1 Å². The molecule has 0 radical (unpaired) electrons. The maximum absolute atomic E-state index is 12.6. The monoisotopic (exact) mass is 746 g/mol. The van der Waals surface area contributed by atoms with Crippen LogP contribution in [0.3, 0.4) is 0 Å². The number of nitrogens with two attached hydrogens (primary N) is 4. The lowest BCUT2D eigenvalue weighted by molar-refractivity contribution is -0.162. The zero-order chi connectivity index (χ0) is 37.5. The number of benzene rings is 2. The second kappa shape index (κ2) is 20.0. The van der Waals surface area contributed by atoms with E-state index in [1.165, 1.54) is 18.0 Å². The van der Waals surface area contributed by atoms with Gasteiger partial charge in [0.2, 0.25) is 5.89 Å². The number of halogens is 1. The Labute approximate surface area is 310 Å². The molecule has 0 fully saturated rings. The molecule has 4 aromatic rings. The van der Waals surface area contributed by atoms with Crippen LogP contribution in [0.1, 0.15) is 48.9 Å². The SMILES string of the molecule is N#Cc1c(N)nc(SCc2coc(-c3ccc(Cl)cc3)n2)c(C#N)c1-c1ccc(OC[C@@H](COC(=O)CCCCN)OC(=O)C(N)CCCN)cc1. The highest BCUT2D eigenvalue weighted by atomic mass is 35.5. The molecule has 0 amide bonds. The van der Waals surface area contributed by atoms with Crippen molar-refractivity contribution in [2.45, 2.75) is 55.0 Å². The number of hydrogen-bond acceptors (Lipinski definition) is 15. The van der Waals surface area contributed by atoms with Gasteiger partial charge in [0.25, 0.3) is 0 Å². The Bertz CT molecular complexity index is 1890. The number of carbonyl (C=O) groups excluding carboxylic acids is 2. The number of anilines is 1. The van der Waals surface area contributed by atoms with E-state index >= 15 is 0 Å². The number of aromatic nitrogens is 2. The number of oxazole rings is 1. The number of nitrogens with zero attached hydrogens (tertiary/aromatic N) is 4. The summed E-state index contributed by atoms with van der Waals surface area (Å²) >= 11 is 7.21. The molecule has 2 aromatic carbocycles. The third-order valence-corrected chi connectivity index (χ3v) is 8.83. The van der Waals surface area contributed by atoms with Gasteiger partial charge in [-0.3, -0.25) is 9.59 Å². The van der Waals surface area contributed by atoms with Crippen molar-refractivity contribution in [1.82, 2.24) is 9.97 Å². The minimum Gasteiger partial charge on any atom is -0.490 e. The van der Waals surface area contributed by atoms with Crippen LogP contribution in [0, 0.1) is 22.7 Å². The number of thioether (sulfide) groups is 1. The van der Waals surface area contributed by atoms with Crippen LogP contribution in [0.25, 0.3) is 22.6 Å². The van der Waals surface area contributed by atoms with E-state index in [0.717, 1.165) is 5.56 Å². The maximum Gasteiger partial charge on any atom is 0.323 e. The molecule has 0 saturated carbocycles. The Hall–Kier alpha value is -5.16. The smallest absolute Gasteiger partial charge is 0.323 e. The maximum atomic E-state index is 12.6. The van der Waals surface area contributed by atoms with Crippen LogP contribution in [0.15, 0.2) is 64.2 Å². The lowest BCUT2D eigenvalue weighted by Gasteiger charge is -2.21. The van der Waals surface area contributed by atoms with Crippen LogP contribution < -0.4 is 27.7 Å². The molecule has 0 aliphatic rings. The minimum absolute atomic E-state index is 0.0340. The topological polar surface area (TPSA) is 252 Å². The molecule has 0 bridgehead atoms. The van der Waals surface area contributed by atoms with Gasteiger partial charge < -0.3 is 41.6 Å². The molecule has 2 aromatic heterocycles. The fourth-order valence-electron chi connectivity index (χ4n) is 4.83. The van der Waals surface area contributed by atoms with Crippen molar-refractivity contribution in [3.05, 3.63) is 76.6 Å². The average molecular weight is 747 g/mol. The molecule has 52 heavy (non-hydrogen) atoms. The summed E-state index contributed by atoms with van der Waals surface area (Å²) in [5, 5.41) is 21.1. The van der Waals surface area contributed by atoms with Crippen molar-refractivity contribution in [2.75, 3.05) is 32.0 Å². The fraction of sp³-hybridized carbons (Fsp3) is 0.333. The summed E-state index contributed by atoms with van der Waals surface area (Å²) in [5.74, 6) is -0.0537. The molecular weight excluding hydrogens is 708 g/mol. The number of rotatable bonds is 19. The van der Waals surface area contributed by atoms with Gasteiger partial charge in [-0.2, -0.15) is 10.5 Å². The summed E-state index contributed by atoms with van der Waals surface area (Å²) in [4.78, 5) is 33.7. The molecule has 0 aliphatic heterocycles. The van der Waals surface area contributed by atoms with E-state index in [1.54, 1.807) is 48.5 Å². The predicted molar refractivity (Wildman–Crippen MR) is 196 cm³/mol. The molecule has 0 spiro atoms. The van der Waals surface area contributed by atoms with Crippen LogP contribution in [0.5, 0.6) is 5.75 Å². The highest BCUT2D eigenvalue weighted by Crippen LogP contribution is 2.37. The number of ether oxygens (including phenoxy) is 3. The number of unbranched alkanes of at least 4 members (excludes halogenated alkanes) is 1. The second-order valence-corrected chi connectivity index (χ2v) is 12.9. The number of nitriles is 2. The lowest BCUT2D eigenvalue weighted by atomic mass is 9.97. The number of esters is 2. The van der Waals surface area contributed by atoms with E-state index < -0.39 is 24.1 Å². The standard InChI is InChI=1S/C36H39ClN8O6S/c37-24-10-6-23(7-11-24)34-44-25(18-50-34)21-52-35-29(17-41)32(28(16-40)33(43)45-35)22-8-12-26(13-9-22)48-19-27(20-49-31(46)5-1-2-14-38)51-36(47)30(42)4-3-15-39/h6-13,18,27,30H,1-5,14-15,19-21,38-39,42H2,(H2,43,45)/t27-,30?/m0/s1. The first-order valence-electron chi connectivity index (χ1n) is 16.4. The molecule has 2 atom stereocenters. The van der Waals surface area contributed by atoms with Crippen LogP contribution >= 0.6 is 23.4 Å². The molecule has 272 valence electrons. The zero-order valence-electron chi connectivity index (χ0n) is 28.3. The summed E-state index contributed by atoms with van der Waals surface area (Å²) < 4.78 is 22.4. The highest BCUT2D eigenvalue weighted by molar-refractivity contribution is 7.98. The summed E-state index contributed by atoms with van der Waals surface area (Å²) in [5.41, 5.74) is 25.6. The van der Waals surface area contributed by atoms with Crippen molar-refractivity contribution >= 4 is 41.1 Å². The van der Waals surface area contributed by atoms with E-state index in [2.05, 4.69) is 22.1 Å². The number of carbonyl (C=O) groups is 2. The first-order chi connectivity index (χ1) is 25.2. The van der Waals surface area contributed by atoms with E-state index in [1.807, 2.05) is 0 Å². The molecule has 1 unspecified atom stereocenters. The van der Waals surface area contributed by atoms with Crippen LogP contribution in [0.4, 0.5) is 5.82 Å². The van der Waals surface area contributed by atoms with E-state index in [-0.39, 0.29) is 36.6 Å². The number of pyridine rings is 1. The van der Waals surface area contributed by atoms with Gasteiger partial charge in [-0.25, -0.2) is 9.97 Å². The largest absolute Gasteiger partial charge is 0.490 e. The third kappa shape index (κ3) is 11.2. The summed E-state index contributed by atoms with van der Waals surface area (Å²) in [7, 11) is 0. The molecule has 2 heterocycles. The van der Waals surface area contributed by atoms with Crippen molar-refractivity contribution in [1.29, 1.82) is 10.5 Å². The molecule has 14 nitrogen and oxygen atoms in total. The van der Waals surface area contributed by atoms with Crippen molar-refractivity contribution in [2.24, 2.45) is 17.2 Å². The van der Waals surface area contributed by atoms with Crippen LogP contribution in [-0.4, -0.2) is 60.4 Å². The van der Waals surface area contributed by atoms with E-state index in [4.69, 9.17) is 53.2 Å². The van der Waals surface area contributed by atoms with Crippen molar-refractivity contribution in [3.8, 4) is 40.5 Å². The number of nitrogen functional groups attached to an aromatic ring is 1.